The predicted octanol–water partition coefficient (Wildman–Crippen LogP) is 3.28. The monoisotopic (exact) mass is 248 g/mol. The van der Waals surface area contributed by atoms with Crippen molar-refractivity contribution in [1.29, 1.82) is 0 Å². The van der Waals surface area contributed by atoms with Crippen LogP contribution in [0.2, 0.25) is 0 Å². The van der Waals surface area contributed by atoms with Crippen LogP contribution in [0, 0.1) is 11.6 Å². The Hall–Kier alpha value is -1.74. The van der Waals surface area contributed by atoms with E-state index in [2.05, 4.69) is 0 Å². The molecule has 1 nitrogen and oxygen atoms in total. The first-order chi connectivity index (χ1) is 8.72. The Balaban J connectivity index is 2.26. The maximum Gasteiger partial charge on any atom is 0.129 e. The van der Waals surface area contributed by atoms with Gasteiger partial charge in [-0.05, 0) is 24.1 Å². The summed E-state index contributed by atoms with van der Waals surface area (Å²) in [6.07, 6.45) is 0.152. The van der Waals surface area contributed by atoms with Crippen LogP contribution in [0.25, 0.3) is 0 Å². The summed E-state index contributed by atoms with van der Waals surface area (Å²) >= 11 is 0. The Morgan fingerprint density at radius 2 is 1.50 bits per heavy atom. The van der Waals surface area contributed by atoms with Gasteiger partial charge in [0.05, 0.1) is 6.61 Å². The van der Waals surface area contributed by atoms with Gasteiger partial charge in [0.25, 0.3) is 0 Å². The molecule has 2 aromatic carbocycles. The molecule has 0 aliphatic heterocycles. The van der Waals surface area contributed by atoms with E-state index >= 15 is 0 Å². The lowest BCUT2D eigenvalue weighted by molar-refractivity contribution is 0.263. The van der Waals surface area contributed by atoms with Crippen LogP contribution < -0.4 is 0 Å². The number of benzene rings is 2. The molecular weight excluding hydrogens is 234 g/mol. The predicted molar refractivity (Wildman–Crippen MR) is 66.3 cm³/mol. The Labute approximate surface area is 105 Å². The summed E-state index contributed by atoms with van der Waals surface area (Å²) in [5, 5.41) is 9.38. The van der Waals surface area contributed by atoms with E-state index in [1.54, 1.807) is 0 Å². The first-order valence-electron chi connectivity index (χ1n) is 5.81. The first-order valence-corrected chi connectivity index (χ1v) is 5.81. The zero-order chi connectivity index (χ0) is 13.0. The van der Waals surface area contributed by atoms with Gasteiger partial charge in [-0.2, -0.15) is 0 Å². The maximum absolute atomic E-state index is 13.5. The molecule has 0 saturated heterocycles. The molecule has 0 spiro atoms. The van der Waals surface area contributed by atoms with Gasteiger partial charge >= 0.3 is 0 Å². The zero-order valence-electron chi connectivity index (χ0n) is 9.81. The molecule has 2 aromatic rings. The molecule has 0 fully saturated rings. The molecule has 0 radical (unpaired) electrons. The molecule has 1 N–H and O–H groups in total. The summed E-state index contributed by atoms with van der Waals surface area (Å²) in [7, 11) is 0. The molecule has 1 unspecified atom stereocenters. The van der Waals surface area contributed by atoms with Gasteiger partial charge in [0.2, 0.25) is 0 Å². The van der Waals surface area contributed by atoms with Crippen LogP contribution in [0.1, 0.15) is 17.0 Å². The molecule has 94 valence electrons. The first kappa shape index (κ1) is 12.7. The van der Waals surface area contributed by atoms with E-state index in [4.69, 9.17) is 0 Å². The second-order valence-corrected chi connectivity index (χ2v) is 4.19. The van der Waals surface area contributed by atoms with Gasteiger partial charge in [0.15, 0.2) is 0 Å². The van der Waals surface area contributed by atoms with E-state index in [1.165, 1.54) is 18.2 Å². The molecule has 0 heterocycles. The van der Waals surface area contributed by atoms with Crippen molar-refractivity contribution >= 4 is 0 Å². The fourth-order valence-corrected chi connectivity index (χ4v) is 1.99. The van der Waals surface area contributed by atoms with Crippen LogP contribution in [0.4, 0.5) is 8.78 Å². The van der Waals surface area contributed by atoms with E-state index < -0.39 is 11.6 Å². The largest absolute Gasteiger partial charge is 0.396 e. The molecule has 0 aromatic heterocycles. The van der Waals surface area contributed by atoms with Gasteiger partial charge in [-0.3, -0.25) is 0 Å². The molecule has 0 bridgehead atoms. The molecule has 1 atom stereocenters. The summed E-state index contributed by atoms with van der Waals surface area (Å²) < 4.78 is 27.1. The minimum Gasteiger partial charge on any atom is -0.396 e. The topological polar surface area (TPSA) is 20.2 Å². The second-order valence-electron chi connectivity index (χ2n) is 4.19. The number of halogens is 2. The maximum atomic E-state index is 13.5. The highest BCUT2D eigenvalue weighted by atomic mass is 19.1. The van der Waals surface area contributed by atoms with Crippen LogP contribution >= 0.6 is 0 Å². The third-order valence-electron chi connectivity index (χ3n) is 3.00. The lowest BCUT2D eigenvalue weighted by Gasteiger charge is -2.15. The quantitative estimate of drug-likeness (QED) is 0.880. The number of hydrogen-bond donors (Lipinski definition) is 1. The number of hydrogen-bond acceptors (Lipinski definition) is 1. The SMILES string of the molecule is OCC(Cc1c(F)cccc1F)c1ccccc1. The highest BCUT2D eigenvalue weighted by Gasteiger charge is 2.16. The minimum absolute atomic E-state index is 0.0282. The summed E-state index contributed by atoms with van der Waals surface area (Å²) in [6.45, 7) is -0.141. The fraction of sp³-hybridized carbons (Fsp3) is 0.200. The highest BCUT2D eigenvalue weighted by molar-refractivity contribution is 5.26. The molecule has 3 heteroatoms. The average Bonchev–Trinajstić information content (AvgIpc) is 2.40. The summed E-state index contributed by atoms with van der Waals surface area (Å²) in [6, 6.07) is 13.0. The number of aliphatic hydroxyl groups excluding tert-OH is 1. The van der Waals surface area contributed by atoms with Gasteiger partial charge < -0.3 is 5.11 Å². The second kappa shape index (κ2) is 5.74. The van der Waals surface area contributed by atoms with Crippen LogP contribution in [-0.4, -0.2) is 11.7 Å². The van der Waals surface area contributed by atoms with Crippen LogP contribution in [-0.2, 0) is 6.42 Å². The van der Waals surface area contributed by atoms with E-state index in [0.717, 1.165) is 5.56 Å². The lowest BCUT2D eigenvalue weighted by atomic mass is 9.92. The summed E-state index contributed by atoms with van der Waals surface area (Å²) in [5.41, 5.74) is 0.906. The van der Waals surface area contributed by atoms with Crippen molar-refractivity contribution in [2.24, 2.45) is 0 Å². The normalized spacial score (nSPS) is 12.4. The number of rotatable bonds is 4. The molecule has 18 heavy (non-hydrogen) atoms. The lowest BCUT2D eigenvalue weighted by Crippen LogP contribution is -2.10. The van der Waals surface area contributed by atoms with Crippen LogP contribution in [0.3, 0.4) is 0 Å². The zero-order valence-corrected chi connectivity index (χ0v) is 9.81. The van der Waals surface area contributed by atoms with Crippen molar-refractivity contribution in [2.45, 2.75) is 12.3 Å². The Kier molecular flexibility index (Phi) is 4.05. The molecule has 0 aliphatic carbocycles. The Morgan fingerprint density at radius 1 is 0.889 bits per heavy atom. The van der Waals surface area contributed by atoms with E-state index in [9.17, 15) is 13.9 Å². The van der Waals surface area contributed by atoms with Gasteiger partial charge in [0.1, 0.15) is 11.6 Å². The van der Waals surface area contributed by atoms with Crippen LogP contribution in [0.5, 0.6) is 0 Å². The summed E-state index contributed by atoms with van der Waals surface area (Å²) in [5.74, 6) is -1.42. The molecule has 0 amide bonds. The van der Waals surface area contributed by atoms with Crippen molar-refractivity contribution < 1.29 is 13.9 Å². The molecule has 0 saturated carbocycles. The molecular formula is C15H14F2O. The Bertz CT molecular complexity index is 491. The third-order valence-corrected chi connectivity index (χ3v) is 3.00. The minimum atomic E-state index is -0.565. The standard InChI is InChI=1S/C15H14F2O/c16-14-7-4-8-15(17)13(14)9-12(10-18)11-5-2-1-3-6-11/h1-8,12,18H,9-10H2. The van der Waals surface area contributed by atoms with Gasteiger partial charge in [-0.1, -0.05) is 36.4 Å². The third kappa shape index (κ3) is 2.74. The molecule has 2 rings (SSSR count). The highest BCUT2D eigenvalue weighted by Crippen LogP contribution is 2.23. The van der Waals surface area contributed by atoms with Gasteiger partial charge in [-0.25, -0.2) is 8.78 Å². The molecule has 0 aliphatic rings. The van der Waals surface area contributed by atoms with Crippen molar-refractivity contribution in [2.75, 3.05) is 6.61 Å². The average molecular weight is 248 g/mol. The number of aliphatic hydroxyl groups is 1. The van der Waals surface area contributed by atoms with E-state index in [-0.39, 0.29) is 24.5 Å². The smallest absolute Gasteiger partial charge is 0.129 e. The van der Waals surface area contributed by atoms with Crippen LogP contribution in [0.15, 0.2) is 48.5 Å². The van der Waals surface area contributed by atoms with E-state index in [0.29, 0.717) is 0 Å². The van der Waals surface area contributed by atoms with Crippen molar-refractivity contribution in [1.82, 2.24) is 0 Å². The van der Waals surface area contributed by atoms with Gasteiger partial charge in [0, 0.05) is 11.5 Å². The fourth-order valence-electron chi connectivity index (χ4n) is 1.99. The van der Waals surface area contributed by atoms with Gasteiger partial charge in [-0.15, -0.1) is 0 Å². The van der Waals surface area contributed by atoms with E-state index in [1.807, 2.05) is 30.3 Å². The summed E-state index contributed by atoms with van der Waals surface area (Å²) in [4.78, 5) is 0. The van der Waals surface area contributed by atoms with Crippen molar-refractivity contribution in [3.63, 3.8) is 0 Å². The Morgan fingerprint density at radius 3 is 2.06 bits per heavy atom. The van der Waals surface area contributed by atoms with Crippen molar-refractivity contribution in [3.8, 4) is 0 Å². The van der Waals surface area contributed by atoms with Crippen molar-refractivity contribution in [3.05, 3.63) is 71.3 Å².